The monoisotopic (exact) mass is 613 g/mol. The average molecular weight is 615 g/mol. The lowest BCUT2D eigenvalue weighted by Crippen LogP contribution is -2.31. The normalized spacial score (nSPS) is 14.7. The largest absolute Gasteiger partial charge is 0.493 e. The number of hydrogen-bond acceptors (Lipinski definition) is 7. The number of nitrogens with one attached hydrogen (secondary N) is 2. The molecule has 0 fully saturated rings. The molecule has 10 heteroatoms. The molecule has 2 aromatic carbocycles. The number of methoxy groups -OCH3 is 1. The zero-order valence-electron chi connectivity index (χ0n) is 23.3. The standard InChI is InChI=1S/C29H36BrN5O3S/c1-7-13-39-29-33-28-31-19(5)24(27(36)32-21-10-8-9-18(4)14-21)25(35(28)34-29)20-15-22(30)26(23(16-20)37-6)38-12-11-17(2)3/h8-10,14-17,25H,7,11-13H2,1-6H3,(H,32,36)(H,31,33,34). The van der Waals surface area contributed by atoms with Crippen molar-refractivity contribution in [2.75, 3.05) is 30.1 Å². The molecule has 0 spiro atoms. The van der Waals surface area contributed by atoms with E-state index in [-0.39, 0.29) is 5.91 Å². The molecule has 0 bridgehead atoms. The summed E-state index contributed by atoms with van der Waals surface area (Å²) >= 11 is 5.29. The minimum atomic E-state index is -0.538. The first-order valence-electron chi connectivity index (χ1n) is 13.2. The van der Waals surface area contributed by atoms with E-state index in [9.17, 15) is 4.79 Å². The Morgan fingerprint density at radius 2 is 2.05 bits per heavy atom. The van der Waals surface area contributed by atoms with E-state index in [1.807, 2.05) is 50.2 Å². The second-order valence-corrected chi connectivity index (χ2v) is 11.9. The number of carbonyl (C=O) groups excluding carboxylic acids is 1. The number of fused-ring (bicyclic) bond motifs is 1. The van der Waals surface area contributed by atoms with Crippen LogP contribution in [0.4, 0.5) is 11.6 Å². The fraction of sp³-hybridized carbons (Fsp3) is 0.414. The number of anilines is 2. The highest BCUT2D eigenvalue weighted by molar-refractivity contribution is 9.10. The zero-order chi connectivity index (χ0) is 28.1. The summed E-state index contributed by atoms with van der Waals surface area (Å²) in [5.74, 6) is 3.03. The summed E-state index contributed by atoms with van der Waals surface area (Å²) in [6.07, 6.45) is 1.94. The first-order valence-corrected chi connectivity index (χ1v) is 14.9. The maximum absolute atomic E-state index is 13.8. The van der Waals surface area contributed by atoms with Gasteiger partial charge in [0.05, 0.1) is 23.8 Å². The SMILES string of the molecule is CCCSc1nc2n(n1)C(c1cc(Br)c(OCCC(C)C)c(OC)c1)C(C(=O)Nc1cccc(C)c1)=C(C)N2. The number of thioether (sulfide) groups is 1. The third-order valence-electron chi connectivity index (χ3n) is 6.30. The van der Waals surface area contributed by atoms with E-state index >= 15 is 0 Å². The lowest BCUT2D eigenvalue weighted by molar-refractivity contribution is -0.113. The van der Waals surface area contributed by atoms with Crippen LogP contribution in [-0.4, -0.2) is 40.1 Å². The number of ether oxygens (including phenoxy) is 2. The molecule has 39 heavy (non-hydrogen) atoms. The molecular weight excluding hydrogens is 578 g/mol. The van der Waals surface area contributed by atoms with Gasteiger partial charge in [0.1, 0.15) is 6.04 Å². The van der Waals surface area contributed by atoms with Gasteiger partial charge in [-0.1, -0.05) is 44.7 Å². The second kappa shape index (κ2) is 12.9. The summed E-state index contributed by atoms with van der Waals surface area (Å²) < 4.78 is 14.4. The molecule has 2 N–H and O–H groups in total. The number of allylic oxidation sites excluding steroid dienone is 1. The highest BCUT2D eigenvalue weighted by Gasteiger charge is 2.35. The topological polar surface area (TPSA) is 90.3 Å². The van der Waals surface area contributed by atoms with E-state index in [0.717, 1.165) is 39.9 Å². The molecule has 1 aromatic heterocycles. The summed E-state index contributed by atoms with van der Waals surface area (Å²) in [6.45, 7) is 10.9. The molecule has 0 radical (unpaired) electrons. The summed E-state index contributed by atoms with van der Waals surface area (Å²) in [6, 6.07) is 11.1. The van der Waals surface area contributed by atoms with E-state index in [0.29, 0.717) is 46.4 Å². The molecular formula is C29H36BrN5O3S. The van der Waals surface area contributed by atoms with Crippen molar-refractivity contribution < 1.29 is 14.3 Å². The van der Waals surface area contributed by atoms with Gasteiger partial charge < -0.3 is 20.1 Å². The van der Waals surface area contributed by atoms with E-state index in [1.165, 1.54) is 0 Å². The maximum Gasteiger partial charge on any atom is 0.255 e. The Morgan fingerprint density at radius 1 is 1.26 bits per heavy atom. The Balaban J connectivity index is 1.78. The van der Waals surface area contributed by atoms with Gasteiger partial charge in [0.15, 0.2) is 11.5 Å². The van der Waals surface area contributed by atoms with Gasteiger partial charge in [-0.2, -0.15) is 4.98 Å². The van der Waals surface area contributed by atoms with Gasteiger partial charge in [-0.05, 0) is 83.9 Å². The van der Waals surface area contributed by atoms with Crippen molar-refractivity contribution in [2.45, 2.75) is 58.7 Å². The first-order chi connectivity index (χ1) is 18.7. The lowest BCUT2D eigenvalue weighted by atomic mass is 9.94. The molecule has 8 nitrogen and oxygen atoms in total. The van der Waals surface area contributed by atoms with Crippen LogP contribution in [0, 0.1) is 12.8 Å². The third kappa shape index (κ3) is 6.78. The number of hydrogen-bond donors (Lipinski definition) is 2. The summed E-state index contributed by atoms with van der Waals surface area (Å²) in [5, 5.41) is 11.9. The van der Waals surface area contributed by atoms with E-state index in [4.69, 9.17) is 19.6 Å². The van der Waals surface area contributed by atoms with E-state index in [2.05, 4.69) is 47.3 Å². The minimum Gasteiger partial charge on any atom is -0.493 e. The number of benzene rings is 2. The maximum atomic E-state index is 13.8. The second-order valence-electron chi connectivity index (χ2n) is 9.97. The smallest absolute Gasteiger partial charge is 0.255 e. The van der Waals surface area contributed by atoms with Crippen molar-refractivity contribution in [1.29, 1.82) is 0 Å². The Bertz CT molecular complexity index is 1370. The predicted molar refractivity (Wildman–Crippen MR) is 161 cm³/mol. The number of rotatable bonds is 11. The summed E-state index contributed by atoms with van der Waals surface area (Å²) in [7, 11) is 1.62. The molecule has 1 aliphatic heterocycles. The highest BCUT2D eigenvalue weighted by atomic mass is 79.9. The van der Waals surface area contributed by atoms with Gasteiger partial charge in [-0.3, -0.25) is 4.79 Å². The van der Waals surface area contributed by atoms with Crippen molar-refractivity contribution in [3.63, 3.8) is 0 Å². The molecule has 1 amide bonds. The molecule has 0 aliphatic carbocycles. The van der Waals surface area contributed by atoms with Gasteiger partial charge in [-0.25, -0.2) is 4.68 Å². The molecule has 3 aromatic rings. The van der Waals surface area contributed by atoms with Crippen molar-refractivity contribution in [3.8, 4) is 11.5 Å². The number of carbonyl (C=O) groups is 1. The molecule has 1 atom stereocenters. The van der Waals surface area contributed by atoms with Crippen LogP contribution < -0.4 is 20.1 Å². The van der Waals surface area contributed by atoms with Crippen LogP contribution in [-0.2, 0) is 4.79 Å². The molecule has 1 aliphatic rings. The van der Waals surface area contributed by atoms with Gasteiger partial charge in [-0.15, -0.1) is 5.10 Å². The highest BCUT2D eigenvalue weighted by Crippen LogP contribution is 2.43. The molecule has 0 saturated carbocycles. The molecule has 208 valence electrons. The van der Waals surface area contributed by atoms with Crippen LogP contribution in [0.5, 0.6) is 11.5 Å². The average Bonchev–Trinajstić information content (AvgIpc) is 3.29. The van der Waals surface area contributed by atoms with Crippen LogP contribution >= 0.6 is 27.7 Å². The van der Waals surface area contributed by atoms with Gasteiger partial charge in [0.2, 0.25) is 11.1 Å². The number of aromatic nitrogens is 3. The fourth-order valence-corrected chi connectivity index (χ4v) is 5.60. The van der Waals surface area contributed by atoms with Crippen LogP contribution in [0.2, 0.25) is 0 Å². The lowest BCUT2D eigenvalue weighted by Gasteiger charge is -2.29. The van der Waals surface area contributed by atoms with Crippen LogP contribution in [0.25, 0.3) is 0 Å². The first kappa shape index (κ1) is 29.0. The quantitative estimate of drug-likeness (QED) is 0.221. The molecule has 4 rings (SSSR count). The van der Waals surface area contributed by atoms with Crippen molar-refractivity contribution >= 4 is 45.2 Å². The fourth-order valence-electron chi connectivity index (χ4n) is 4.34. The Morgan fingerprint density at radius 3 is 2.74 bits per heavy atom. The molecule has 2 heterocycles. The van der Waals surface area contributed by atoms with Crippen LogP contribution in [0.3, 0.4) is 0 Å². The summed E-state index contributed by atoms with van der Waals surface area (Å²) in [4.78, 5) is 18.5. The number of amides is 1. The van der Waals surface area contributed by atoms with Gasteiger partial charge in [0, 0.05) is 17.1 Å². The minimum absolute atomic E-state index is 0.216. The Labute approximate surface area is 243 Å². The van der Waals surface area contributed by atoms with E-state index in [1.54, 1.807) is 23.6 Å². The Hall–Kier alpha value is -2.98. The number of halogens is 1. The van der Waals surface area contributed by atoms with Crippen molar-refractivity contribution in [1.82, 2.24) is 14.8 Å². The van der Waals surface area contributed by atoms with Gasteiger partial charge >= 0.3 is 0 Å². The number of aryl methyl sites for hydroxylation is 1. The molecule has 1 unspecified atom stereocenters. The zero-order valence-corrected chi connectivity index (χ0v) is 25.7. The molecule has 0 saturated heterocycles. The predicted octanol–water partition coefficient (Wildman–Crippen LogP) is 7.21. The van der Waals surface area contributed by atoms with Gasteiger partial charge in [0.25, 0.3) is 5.91 Å². The van der Waals surface area contributed by atoms with Crippen LogP contribution in [0.1, 0.15) is 57.7 Å². The Kier molecular flexibility index (Phi) is 9.61. The number of nitrogens with zero attached hydrogens (tertiary/aromatic N) is 3. The van der Waals surface area contributed by atoms with Crippen molar-refractivity contribution in [2.24, 2.45) is 5.92 Å². The van der Waals surface area contributed by atoms with Crippen LogP contribution in [0.15, 0.2) is 57.3 Å². The van der Waals surface area contributed by atoms with E-state index < -0.39 is 6.04 Å². The summed E-state index contributed by atoms with van der Waals surface area (Å²) in [5.41, 5.74) is 3.88. The van der Waals surface area contributed by atoms with Crippen molar-refractivity contribution in [3.05, 3.63) is 63.3 Å². The third-order valence-corrected chi connectivity index (χ3v) is 7.93.